The van der Waals surface area contributed by atoms with Gasteiger partial charge in [0.15, 0.2) is 5.76 Å². The number of rotatable bonds is 5. The molecule has 0 aliphatic heterocycles. The van der Waals surface area contributed by atoms with Crippen LogP contribution in [0.4, 0.5) is 5.13 Å². The molecule has 0 saturated heterocycles. The third-order valence-electron chi connectivity index (χ3n) is 2.50. The Balaban J connectivity index is 1.99. The van der Waals surface area contributed by atoms with E-state index in [4.69, 9.17) is 4.42 Å². The molecule has 5 nitrogen and oxygen atoms in total. The minimum Gasteiger partial charge on any atom is -0.459 e. The lowest BCUT2D eigenvalue weighted by Gasteiger charge is -1.97. The second-order valence-electron chi connectivity index (χ2n) is 3.99. The summed E-state index contributed by atoms with van der Waals surface area (Å²) in [5, 5.41) is 12.1. The van der Waals surface area contributed by atoms with Crippen molar-refractivity contribution in [2.75, 3.05) is 5.32 Å². The summed E-state index contributed by atoms with van der Waals surface area (Å²) in [5.41, 5.74) is 0.809. The van der Waals surface area contributed by atoms with E-state index in [1.807, 2.05) is 6.92 Å². The summed E-state index contributed by atoms with van der Waals surface area (Å²) in [6, 6.07) is 1.75. The molecule has 0 saturated carbocycles. The second kappa shape index (κ2) is 5.77. The van der Waals surface area contributed by atoms with Crippen molar-refractivity contribution in [2.45, 2.75) is 33.1 Å². The molecule has 96 valence electrons. The first-order chi connectivity index (χ1) is 8.70. The lowest BCUT2D eigenvalue weighted by atomic mass is 10.3. The maximum absolute atomic E-state index is 11.9. The molecule has 0 aliphatic rings. The topological polar surface area (TPSA) is 68.0 Å². The predicted molar refractivity (Wildman–Crippen MR) is 69.9 cm³/mol. The van der Waals surface area contributed by atoms with Crippen molar-refractivity contribution in [1.82, 2.24) is 10.2 Å². The van der Waals surface area contributed by atoms with E-state index in [1.54, 1.807) is 6.07 Å². The highest BCUT2D eigenvalue weighted by atomic mass is 32.1. The molecule has 0 aromatic carbocycles. The van der Waals surface area contributed by atoms with Gasteiger partial charge in [0.05, 0.1) is 6.26 Å². The number of carbonyl (C=O) groups is 1. The minimum absolute atomic E-state index is 0.282. The largest absolute Gasteiger partial charge is 0.459 e. The van der Waals surface area contributed by atoms with Gasteiger partial charge < -0.3 is 4.42 Å². The van der Waals surface area contributed by atoms with E-state index in [-0.39, 0.29) is 5.91 Å². The standard InChI is InChI=1S/C12H15N3O2S/c1-3-4-5-9-14-15-12(18-9)13-11(16)10-8(2)6-7-17-10/h6-7H,3-5H2,1-2H3,(H,13,15,16). The zero-order valence-electron chi connectivity index (χ0n) is 10.4. The van der Waals surface area contributed by atoms with Crippen LogP contribution in [-0.4, -0.2) is 16.1 Å². The molecule has 0 radical (unpaired) electrons. The number of aromatic nitrogens is 2. The number of carbonyl (C=O) groups excluding carboxylic acids is 1. The highest BCUT2D eigenvalue weighted by Crippen LogP contribution is 2.19. The number of unbranched alkanes of at least 4 members (excludes halogenated alkanes) is 1. The molecule has 6 heteroatoms. The number of furan rings is 1. The molecule has 18 heavy (non-hydrogen) atoms. The molecule has 1 amide bonds. The smallest absolute Gasteiger partial charge is 0.293 e. The van der Waals surface area contributed by atoms with Crippen LogP contribution >= 0.6 is 11.3 Å². The van der Waals surface area contributed by atoms with Crippen molar-refractivity contribution in [3.63, 3.8) is 0 Å². The number of hydrogen-bond acceptors (Lipinski definition) is 5. The van der Waals surface area contributed by atoms with Gasteiger partial charge in [0.1, 0.15) is 5.01 Å². The first-order valence-electron chi connectivity index (χ1n) is 5.88. The van der Waals surface area contributed by atoms with Crippen molar-refractivity contribution >= 4 is 22.4 Å². The molecular formula is C12H15N3O2S. The van der Waals surface area contributed by atoms with Crippen molar-refractivity contribution in [3.05, 3.63) is 28.7 Å². The molecule has 0 bridgehead atoms. The Kier molecular flexibility index (Phi) is 4.09. The van der Waals surface area contributed by atoms with Gasteiger partial charge in [-0.15, -0.1) is 10.2 Å². The van der Waals surface area contributed by atoms with Crippen molar-refractivity contribution in [3.8, 4) is 0 Å². The molecule has 0 spiro atoms. The fraction of sp³-hybridized carbons (Fsp3) is 0.417. The fourth-order valence-corrected chi connectivity index (χ4v) is 2.27. The number of amides is 1. The maximum Gasteiger partial charge on any atom is 0.293 e. The summed E-state index contributed by atoms with van der Waals surface area (Å²) >= 11 is 1.41. The molecule has 0 atom stereocenters. The first kappa shape index (κ1) is 12.8. The summed E-state index contributed by atoms with van der Waals surface area (Å²) < 4.78 is 5.11. The van der Waals surface area contributed by atoms with E-state index >= 15 is 0 Å². The van der Waals surface area contributed by atoms with Gasteiger partial charge in [0, 0.05) is 12.0 Å². The molecule has 2 aromatic heterocycles. The number of anilines is 1. The number of aryl methyl sites for hydroxylation is 2. The molecular weight excluding hydrogens is 250 g/mol. The van der Waals surface area contributed by atoms with Crippen LogP contribution in [0.25, 0.3) is 0 Å². The maximum atomic E-state index is 11.9. The van der Waals surface area contributed by atoms with Gasteiger partial charge in [-0.2, -0.15) is 0 Å². The van der Waals surface area contributed by atoms with Crippen molar-refractivity contribution in [2.24, 2.45) is 0 Å². The van der Waals surface area contributed by atoms with Crippen LogP contribution in [0.1, 0.15) is 40.9 Å². The summed E-state index contributed by atoms with van der Waals surface area (Å²) in [4.78, 5) is 11.9. The van der Waals surface area contributed by atoms with Gasteiger partial charge in [0.25, 0.3) is 5.91 Å². The van der Waals surface area contributed by atoms with Crippen LogP contribution in [0.2, 0.25) is 0 Å². The Hall–Kier alpha value is -1.69. The normalized spacial score (nSPS) is 10.6. The van der Waals surface area contributed by atoms with E-state index in [0.29, 0.717) is 10.9 Å². The Morgan fingerprint density at radius 3 is 3.00 bits per heavy atom. The zero-order valence-corrected chi connectivity index (χ0v) is 11.2. The Morgan fingerprint density at radius 1 is 1.50 bits per heavy atom. The monoisotopic (exact) mass is 265 g/mol. The van der Waals surface area contributed by atoms with E-state index < -0.39 is 0 Å². The number of nitrogens with zero attached hydrogens (tertiary/aromatic N) is 2. The molecule has 1 N–H and O–H groups in total. The van der Waals surface area contributed by atoms with Gasteiger partial charge in [-0.25, -0.2) is 0 Å². The molecule has 0 fully saturated rings. The number of nitrogens with one attached hydrogen (secondary N) is 1. The third kappa shape index (κ3) is 2.95. The Bertz CT molecular complexity index is 533. The quantitative estimate of drug-likeness (QED) is 0.902. The Morgan fingerprint density at radius 2 is 2.33 bits per heavy atom. The lowest BCUT2D eigenvalue weighted by Crippen LogP contribution is -2.11. The van der Waals surface area contributed by atoms with Gasteiger partial charge >= 0.3 is 0 Å². The highest BCUT2D eigenvalue weighted by molar-refractivity contribution is 7.15. The first-order valence-corrected chi connectivity index (χ1v) is 6.70. The SMILES string of the molecule is CCCCc1nnc(NC(=O)c2occc2C)s1. The average Bonchev–Trinajstić information content (AvgIpc) is 2.95. The second-order valence-corrected chi connectivity index (χ2v) is 5.05. The molecule has 0 unspecified atom stereocenters. The summed E-state index contributed by atoms with van der Waals surface area (Å²) in [6.07, 6.45) is 4.60. The molecule has 2 heterocycles. The molecule has 2 rings (SSSR count). The van der Waals surface area contributed by atoms with E-state index in [9.17, 15) is 4.79 Å². The summed E-state index contributed by atoms with van der Waals surface area (Å²) in [6.45, 7) is 3.95. The van der Waals surface area contributed by atoms with E-state index in [0.717, 1.165) is 29.8 Å². The van der Waals surface area contributed by atoms with Crippen LogP contribution in [-0.2, 0) is 6.42 Å². The highest BCUT2D eigenvalue weighted by Gasteiger charge is 2.14. The van der Waals surface area contributed by atoms with Crippen molar-refractivity contribution in [1.29, 1.82) is 0 Å². The van der Waals surface area contributed by atoms with Gasteiger partial charge in [-0.05, 0) is 19.4 Å². The Labute approximate surface area is 109 Å². The summed E-state index contributed by atoms with van der Waals surface area (Å²) in [5.74, 6) is 0.0380. The van der Waals surface area contributed by atoms with Gasteiger partial charge in [-0.1, -0.05) is 24.7 Å². The third-order valence-corrected chi connectivity index (χ3v) is 3.40. The van der Waals surface area contributed by atoms with E-state index in [2.05, 4.69) is 22.4 Å². The van der Waals surface area contributed by atoms with E-state index in [1.165, 1.54) is 17.6 Å². The molecule has 0 aliphatic carbocycles. The number of hydrogen-bond donors (Lipinski definition) is 1. The van der Waals surface area contributed by atoms with Crippen LogP contribution in [0.3, 0.4) is 0 Å². The van der Waals surface area contributed by atoms with Crippen LogP contribution in [0, 0.1) is 6.92 Å². The predicted octanol–water partition coefficient (Wildman–Crippen LogP) is 3.03. The minimum atomic E-state index is -0.282. The van der Waals surface area contributed by atoms with Crippen LogP contribution in [0.5, 0.6) is 0 Å². The van der Waals surface area contributed by atoms with Crippen LogP contribution < -0.4 is 5.32 Å². The lowest BCUT2D eigenvalue weighted by molar-refractivity contribution is 0.0996. The molecule has 2 aromatic rings. The average molecular weight is 265 g/mol. The van der Waals surface area contributed by atoms with Gasteiger partial charge in [0.2, 0.25) is 5.13 Å². The van der Waals surface area contributed by atoms with Crippen LogP contribution in [0.15, 0.2) is 16.7 Å². The fourth-order valence-electron chi connectivity index (χ4n) is 1.49. The van der Waals surface area contributed by atoms with Gasteiger partial charge in [-0.3, -0.25) is 10.1 Å². The zero-order chi connectivity index (χ0) is 13.0. The summed E-state index contributed by atoms with van der Waals surface area (Å²) in [7, 11) is 0. The van der Waals surface area contributed by atoms with Crippen molar-refractivity contribution < 1.29 is 9.21 Å².